The van der Waals surface area contributed by atoms with E-state index in [1.807, 2.05) is 0 Å². The van der Waals surface area contributed by atoms with Crippen LogP contribution in [-0.4, -0.2) is 12.6 Å². The van der Waals surface area contributed by atoms with Gasteiger partial charge in [0.05, 0.1) is 29.6 Å². The maximum absolute atomic E-state index is 11.8. The van der Waals surface area contributed by atoms with Crippen LogP contribution < -0.4 is 0 Å². The van der Waals surface area contributed by atoms with E-state index in [1.165, 1.54) is 0 Å². The number of ether oxygens (including phenoxy) is 1. The second-order valence-electron chi connectivity index (χ2n) is 8.51. The Morgan fingerprint density at radius 1 is 1.09 bits per heavy atom. The number of carbonyl (C=O) groups is 1. The SMILES string of the molecule is C=C(C)C(=O)OCC12CC3(C)CC(C#N)(CC(C#N)(C3)C1)C2. The highest BCUT2D eigenvalue weighted by molar-refractivity contribution is 5.86. The number of hydrogen-bond donors (Lipinski definition) is 0. The van der Waals surface area contributed by atoms with E-state index in [0.29, 0.717) is 18.6 Å². The van der Waals surface area contributed by atoms with Crippen molar-refractivity contribution in [1.29, 1.82) is 10.5 Å². The van der Waals surface area contributed by atoms with Crippen LogP contribution in [0.5, 0.6) is 0 Å². The van der Waals surface area contributed by atoms with Gasteiger partial charge in [0.2, 0.25) is 0 Å². The quantitative estimate of drug-likeness (QED) is 0.590. The minimum absolute atomic E-state index is 0.00976. The molecular formula is C18H22N2O2. The summed E-state index contributed by atoms with van der Waals surface area (Å²) in [6.45, 7) is 7.75. The summed E-state index contributed by atoms with van der Waals surface area (Å²) < 4.78 is 5.45. The van der Waals surface area contributed by atoms with E-state index in [1.54, 1.807) is 6.92 Å². The van der Waals surface area contributed by atoms with Gasteiger partial charge < -0.3 is 4.74 Å². The summed E-state index contributed by atoms with van der Waals surface area (Å²) in [5.74, 6) is -0.377. The number of rotatable bonds is 3. The first kappa shape index (κ1) is 15.1. The Kier molecular flexibility index (Phi) is 2.99. The second-order valence-corrected chi connectivity index (χ2v) is 8.51. The Hall–Kier alpha value is -1.81. The van der Waals surface area contributed by atoms with Gasteiger partial charge in [0.15, 0.2) is 0 Å². The van der Waals surface area contributed by atoms with Crippen molar-refractivity contribution in [3.8, 4) is 12.1 Å². The van der Waals surface area contributed by atoms with Crippen molar-refractivity contribution in [2.45, 2.75) is 52.4 Å². The predicted molar refractivity (Wildman–Crippen MR) is 80.1 cm³/mol. The maximum atomic E-state index is 11.8. The van der Waals surface area contributed by atoms with Gasteiger partial charge in [0.25, 0.3) is 0 Å². The molecule has 4 bridgehead atoms. The number of hydrogen-bond acceptors (Lipinski definition) is 4. The van der Waals surface area contributed by atoms with Gasteiger partial charge in [0.1, 0.15) is 0 Å². The fourth-order valence-corrected chi connectivity index (χ4v) is 6.10. The van der Waals surface area contributed by atoms with Crippen LogP contribution in [0, 0.1) is 44.3 Å². The summed E-state index contributed by atoms with van der Waals surface area (Å²) in [6.07, 6.45) is 4.86. The molecule has 4 nitrogen and oxygen atoms in total. The topological polar surface area (TPSA) is 73.9 Å². The molecule has 4 heteroatoms. The molecule has 116 valence electrons. The summed E-state index contributed by atoms with van der Waals surface area (Å²) in [5, 5.41) is 19.5. The molecule has 22 heavy (non-hydrogen) atoms. The number of esters is 1. The van der Waals surface area contributed by atoms with E-state index < -0.39 is 10.8 Å². The van der Waals surface area contributed by atoms with Crippen LogP contribution in [0.2, 0.25) is 0 Å². The van der Waals surface area contributed by atoms with Crippen molar-refractivity contribution < 1.29 is 9.53 Å². The lowest BCUT2D eigenvalue weighted by molar-refractivity contribution is -0.182. The zero-order valence-electron chi connectivity index (χ0n) is 13.4. The highest BCUT2D eigenvalue weighted by atomic mass is 16.5. The molecule has 0 aromatic rings. The molecule has 0 aromatic carbocycles. The van der Waals surface area contributed by atoms with Crippen molar-refractivity contribution in [2.75, 3.05) is 6.61 Å². The highest BCUT2D eigenvalue weighted by Crippen LogP contribution is 2.73. The molecule has 0 aliphatic heterocycles. The van der Waals surface area contributed by atoms with Crippen LogP contribution in [-0.2, 0) is 9.53 Å². The van der Waals surface area contributed by atoms with E-state index in [2.05, 4.69) is 25.6 Å². The predicted octanol–water partition coefficient (Wildman–Crippen LogP) is 3.50. The van der Waals surface area contributed by atoms with Gasteiger partial charge in [0, 0.05) is 11.0 Å². The molecule has 0 radical (unpaired) electrons. The molecule has 0 N–H and O–H groups in total. The van der Waals surface area contributed by atoms with Crippen molar-refractivity contribution in [3.05, 3.63) is 12.2 Å². The Morgan fingerprint density at radius 3 is 2.09 bits per heavy atom. The molecule has 4 saturated carbocycles. The van der Waals surface area contributed by atoms with Gasteiger partial charge in [-0.2, -0.15) is 10.5 Å². The van der Waals surface area contributed by atoms with Gasteiger partial charge in [-0.05, 0) is 50.9 Å². The number of carbonyl (C=O) groups excluding carboxylic acids is 1. The third-order valence-electron chi connectivity index (χ3n) is 5.77. The average molecular weight is 298 g/mol. The minimum atomic E-state index is -0.422. The zero-order chi connectivity index (χ0) is 16.2. The van der Waals surface area contributed by atoms with Crippen molar-refractivity contribution in [3.63, 3.8) is 0 Å². The molecule has 0 heterocycles. The van der Waals surface area contributed by atoms with Crippen LogP contribution >= 0.6 is 0 Å². The largest absolute Gasteiger partial charge is 0.462 e. The van der Waals surface area contributed by atoms with Gasteiger partial charge in [-0.3, -0.25) is 0 Å². The molecule has 0 spiro atoms. The Morgan fingerprint density at radius 2 is 1.64 bits per heavy atom. The molecule has 4 rings (SSSR count). The van der Waals surface area contributed by atoms with E-state index in [0.717, 1.165) is 32.1 Å². The lowest BCUT2D eigenvalue weighted by Gasteiger charge is -2.66. The fraction of sp³-hybridized carbons (Fsp3) is 0.722. The van der Waals surface area contributed by atoms with E-state index in [4.69, 9.17) is 4.74 Å². The number of nitrogens with zero attached hydrogens (tertiary/aromatic N) is 2. The molecule has 4 fully saturated rings. The van der Waals surface area contributed by atoms with Gasteiger partial charge >= 0.3 is 5.97 Å². The maximum Gasteiger partial charge on any atom is 0.333 e. The second kappa shape index (κ2) is 4.35. The summed E-state index contributed by atoms with van der Waals surface area (Å²) in [4.78, 5) is 11.8. The monoisotopic (exact) mass is 298 g/mol. The Bertz CT molecular complexity index is 606. The number of nitriles is 2. The van der Waals surface area contributed by atoms with Crippen LogP contribution in [0.3, 0.4) is 0 Å². The van der Waals surface area contributed by atoms with E-state index >= 15 is 0 Å². The smallest absolute Gasteiger partial charge is 0.333 e. The van der Waals surface area contributed by atoms with Crippen LogP contribution in [0.25, 0.3) is 0 Å². The highest BCUT2D eigenvalue weighted by Gasteiger charge is 2.68. The summed E-state index contributed by atoms with van der Waals surface area (Å²) >= 11 is 0. The average Bonchev–Trinajstić information content (AvgIpc) is 2.42. The van der Waals surface area contributed by atoms with Crippen LogP contribution in [0.15, 0.2) is 12.2 Å². The summed E-state index contributed by atoms with van der Waals surface area (Å²) in [7, 11) is 0. The Labute approximate surface area is 131 Å². The fourth-order valence-electron chi connectivity index (χ4n) is 6.10. The lowest BCUT2D eigenvalue weighted by atomic mass is 9.36. The van der Waals surface area contributed by atoms with Gasteiger partial charge in [-0.1, -0.05) is 13.5 Å². The molecule has 4 aliphatic rings. The summed E-state index contributed by atoms with van der Waals surface area (Å²) in [6, 6.07) is 5.04. The van der Waals surface area contributed by atoms with Gasteiger partial charge in [-0.15, -0.1) is 0 Å². The van der Waals surface area contributed by atoms with Crippen LogP contribution in [0.4, 0.5) is 0 Å². The Balaban J connectivity index is 1.93. The molecule has 2 atom stereocenters. The lowest BCUT2D eigenvalue weighted by Crippen LogP contribution is -2.61. The summed E-state index contributed by atoms with van der Waals surface area (Å²) in [5.41, 5.74) is -0.666. The third kappa shape index (κ3) is 2.13. The van der Waals surface area contributed by atoms with Crippen LogP contribution in [0.1, 0.15) is 52.4 Å². The first-order valence-corrected chi connectivity index (χ1v) is 7.84. The third-order valence-corrected chi connectivity index (χ3v) is 5.77. The molecular weight excluding hydrogens is 276 g/mol. The van der Waals surface area contributed by atoms with E-state index in [9.17, 15) is 15.3 Å². The first-order valence-electron chi connectivity index (χ1n) is 7.84. The molecule has 0 saturated heterocycles. The van der Waals surface area contributed by atoms with Gasteiger partial charge in [-0.25, -0.2) is 4.79 Å². The minimum Gasteiger partial charge on any atom is -0.462 e. The van der Waals surface area contributed by atoms with Crippen molar-refractivity contribution in [2.24, 2.45) is 21.7 Å². The van der Waals surface area contributed by atoms with E-state index in [-0.39, 0.29) is 16.8 Å². The molecule has 0 aromatic heterocycles. The zero-order valence-corrected chi connectivity index (χ0v) is 13.4. The standard InChI is InChI=1S/C18H22N2O2/c1-13(2)14(21)22-12-18-6-15(3)4-16(8-18,10-19)7-17(5-15,9-18)11-20/h1,4-9,12H2,2-3H3. The van der Waals surface area contributed by atoms with Crippen molar-refractivity contribution in [1.82, 2.24) is 0 Å². The normalized spacial score (nSPS) is 44.9. The molecule has 4 aliphatic carbocycles. The molecule has 2 unspecified atom stereocenters. The first-order chi connectivity index (χ1) is 10.2. The molecule has 0 amide bonds. The van der Waals surface area contributed by atoms with Crippen molar-refractivity contribution >= 4 is 5.97 Å².